The van der Waals surface area contributed by atoms with Crippen LogP contribution in [0, 0.1) is 11.3 Å². The van der Waals surface area contributed by atoms with E-state index in [1.807, 2.05) is 0 Å². The van der Waals surface area contributed by atoms with E-state index in [1.54, 1.807) is 0 Å². The second-order valence-electron chi connectivity index (χ2n) is 7.40. The molecule has 1 N–H and O–H groups in total. The van der Waals surface area contributed by atoms with Gasteiger partial charge in [0.05, 0.1) is 0 Å². The van der Waals surface area contributed by atoms with Gasteiger partial charge in [0.25, 0.3) is 0 Å². The number of hydrogen-bond acceptors (Lipinski definition) is 1. The Bertz CT molecular complexity index is 248. The Kier molecular flexibility index (Phi) is 3.89. The van der Waals surface area contributed by atoms with Gasteiger partial charge < -0.3 is 5.32 Å². The largest absolute Gasteiger partial charge is 0.306 e. The highest BCUT2D eigenvalue weighted by atomic mass is 15.0. The van der Waals surface area contributed by atoms with Crippen molar-refractivity contribution in [3.63, 3.8) is 0 Å². The number of nitrogens with one attached hydrogen (secondary N) is 1. The lowest BCUT2D eigenvalue weighted by atomic mass is 9.80. The first kappa shape index (κ1) is 13.8. The zero-order valence-corrected chi connectivity index (χ0v) is 12.0. The van der Waals surface area contributed by atoms with E-state index in [2.05, 4.69) is 53.4 Å². The van der Waals surface area contributed by atoms with Gasteiger partial charge in [0.1, 0.15) is 0 Å². The van der Waals surface area contributed by atoms with Gasteiger partial charge in [0.15, 0.2) is 0 Å². The Morgan fingerprint density at radius 1 is 1.19 bits per heavy atom. The molecule has 1 atom stereocenters. The molecule has 0 heterocycles. The molecule has 0 spiro atoms. The maximum atomic E-state index is 4.33. The normalized spacial score (nSPS) is 19.6. The highest BCUT2D eigenvalue weighted by molar-refractivity contribution is 5.15. The fraction of sp³-hybridized carbons (Fsp3) is 0.867. The molecule has 0 saturated heterocycles. The first-order chi connectivity index (χ1) is 7.09. The Balaban J connectivity index is 2.66. The molecule has 0 aromatic heterocycles. The smallest absolute Gasteiger partial charge is 0.0289 e. The van der Waals surface area contributed by atoms with Gasteiger partial charge in [-0.05, 0) is 38.5 Å². The molecular weight excluding hydrogens is 194 g/mol. The Labute approximate surface area is 102 Å². The van der Waals surface area contributed by atoms with E-state index in [0.29, 0.717) is 6.04 Å². The van der Waals surface area contributed by atoms with Gasteiger partial charge in [0, 0.05) is 11.6 Å². The second kappa shape index (κ2) is 4.52. The summed E-state index contributed by atoms with van der Waals surface area (Å²) in [6.07, 6.45) is 4.10. The molecule has 1 rings (SSSR count). The van der Waals surface area contributed by atoms with Crippen LogP contribution in [0.5, 0.6) is 0 Å². The molecule has 0 aliphatic heterocycles. The van der Waals surface area contributed by atoms with Crippen molar-refractivity contribution in [2.75, 3.05) is 0 Å². The van der Waals surface area contributed by atoms with Crippen LogP contribution in [-0.4, -0.2) is 11.6 Å². The van der Waals surface area contributed by atoms with Crippen molar-refractivity contribution in [2.24, 2.45) is 11.3 Å². The lowest BCUT2D eigenvalue weighted by Crippen LogP contribution is -2.46. The van der Waals surface area contributed by atoms with E-state index in [4.69, 9.17) is 0 Å². The van der Waals surface area contributed by atoms with Crippen molar-refractivity contribution in [1.82, 2.24) is 5.32 Å². The fourth-order valence-corrected chi connectivity index (χ4v) is 2.02. The topological polar surface area (TPSA) is 12.0 Å². The summed E-state index contributed by atoms with van der Waals surface area (Å²) in [5, 5.41) is 3.73. The van der Waals surface area contributed by atoms with E-state index in [0.717, 1.165) is 5.92 Å². The SMILES string of the molecule is C=C(C(CC1CC1)NC(C)(C)C)C(C)(C)C. The quantitative estimate of drug-likeness (QED) is 0.706. The van der Waals surface area contributed by atoms with Gasteiger partial charge in [-0.25, -0.2) is 0 Å². The third-order valence-electron chi connectivity index (χ3n) is 3.26. The van der Waals surface area contributed by atoms with Crippen LogP contribution in [0.2, 0.25) is 0 Å². The van der Waals surface area contributed by atoms with E-state index in [1.165, 1.54) is 24.8 Å². The molecule has 16 heavy (non-hydrogen) atoms. The molecule has 1 aliphatic carbocycles. The second-order valence-corrected chi connectivity index (χ2v) is 7.40. The summed E-state index contributed by atoms with van der Waals surface area (Å²) in [7, 11) is 0. The van der Waals surface area contributed by atoms with Crippen LogP contribution in [0.4, 0.5) is 0 Å². The van der Waals surface area contributed by atoms with Gasteiger partial charge in [-0.2, -0.15) is 0 Å². The zero-order chi connectivity index (χ0) is 12.6. The molecular formula is C15H29N. The monoisotopic (exact) mass is 223 g/mol. The minimum absolute atomic E-state index is 0.174. The summed E-state index contributed by atoms with van der Waals surface area (Å²) in [4.78, 5) is 0. The standard InChI is InChI=1S/C15H29N/c1-11(14(2,3)4)13(10-12-8-9-12)16-15(5,6)7/h12-13,16H,1,8-10H2,2-7H3. The molecule has 1 nitrogen and oxygen atoms in total. The van der Waals surface area contributed by atoms with Crippen LogP contribution in [0.3, 0.4) is 0 Å². The minimum atomic E-state index is 0.174. The van der Waals surface area contributed by atoms with Crippen molar-refractivity contribution in [3.05, 3.63) is 12.2 Å². The third-order valence-corrected chi connectivity index (χ3v) is 3.26. The van der Waals surface area contributed by atoms with Crippen molar-refractivity contribution in [1.29, 1.82) is 0 Å². The first-order valence-corrected chi connectivity index (χ1v) is 6.56. The Morgan fingerprint density at radius 2 is 1.69 bits per heavy atom. The molecule has 1 saturated carbocycles. The molecule has 0 aromatic carbocycles. The maximum Gasteiger partial charge on any atom is 0.0289 e. The number of hydrogen-bond donors (Lipinski definition) is 1. The lowest BCUT2D eigenvalue weighted by Gasteiger charge is -2.35. The molecule has 1 fully saturated rings. The molecule has 0 aromatic rings. The van der Waals surface area contributed by atoms with Crippen molar-refractivity contribution in [3.8, 4) is 0 Å². The van der Waals surface area contributed by atoms with Crippen LogP contribution in [-0.2, 0) is 0 Å². The van der Waals surface area contributed by atoms with Crippen LogP contribution in [0.15, 0.2) is 12.2 Å². The van der Waals surface area contributed by atoms with Gasteiger partial charge in [-0.3, -0.25) is 0 Å². The van der Waals surface area contributed by atoms with Gasteiger partial charge >= 0.3 is 0 Å². The predicted molar refractivity (Wildman–Crippen MR) is 72.6 cm³/mol. The third kappa shape index (κ3) is 4.69. The first-order valence-electron chi connectivity index (χ1n) is 6.56. The predicted octanol–water partition coefficient (Wildman–Crippen LogP) is 4.15. The highest BCUT2D eigenvalue weighted by Crippen LogP contribution is 2.38. The Hall–Kier alpha value is -0.300. The summed E-state index contributed by atoms with van der Waals surface area (Å²) in [5.41, 5.74) is 1.74. The molecule has 0 radical (unpaired) electrons. The van der Waals surface area contributed by atoms with E-state index >= 15 is 0 Å². The highest BCUT2D eigenvalue weighted by Gasteiger charge is 2.32. The molecule has 0 bridgehead atoms. The van der Waals surface area contributed by atoms with Crippen LogP contribution < -0.4 is 5.32 Å². The summed E-state index contributed by atoms with van der Waals surface area (Å²) in [6.45, 7) is 17.8. The molecule has 1 heteroatoms. The maximum absolute atomic E-state index is 4.33. The van der Waals surface area contributed by atoms with Crippen molar-refractivity contribution >= 4 is 0 Å². The van der Waals surface area contributed by atoms with E-state index < -0.39 is 0 Å². The van der Waals surface area contributed by atoms with Gasteiger partial charge in [0.2, 0.25) is 0 Å². The summed E-state index contributed by atoms with van der Waals surface area (Å²) in [5.74, 6) is 0.943. The van der Waals surface area contributed by atoms with Crippen LogP contribution in [0.1, 0.15) is 60.8 Å². The van der Waals surface area contributed by atoms with E-state index in [-0.39, 0.29) is 11.0 Å². The fourth-order valence-electron chi connectivity index (χ4n) is 2.02. The average Bonchev–Trinajstić information content (AvgIpc) is 2.81. The molecule has 94 valence electrons. The van der Waals surface area contributed by atoms with Crippen LogP contribution >= 0.6 is 0 Å². The minimum Gasteiger partial charge on any atom is -0.306 e. The van der Waals surface area contributed by atoms with Gasteiger partial charge in [-0.1, -0.05) is 45.8 Å². The summed E-state index contributed by atoms with van der Waals surface area (Å²) in [6, 6.07) is 0.479. The zero-order valence-electron chi connectivity index (χ0n) is 12.0. The lowest BCUT2D eigenvalue weighted by molar-refractivity contribution is 0.326. The molecule has 0 amide bonds. The molecule has 1 aliphatic rings. The summed E-state index contributed by atoms with van der Waals surface area (Å²) < 4.78 is 0. The van der Waals surface area contributed by atoms with Crippen molar-refractivity contribution in [2.45, 2.75) is 72.4 Å². The van der Waals surface area contributed by atoms with Crippen LogP contribution in [0.25, 0.3) is 0 Å². The molecule has 1 unspecified atom stereocenters. The average molecular weight is 223 g/mol. The van der Waals surface area contributed by atoms with Gasteiger partial charge in [-0.15, -0.1) is 0 Å². The Morgan fingerprint density at radius 3 is 2.00 bits per heavy atom. The van der Waals surface area contributed by atoms with E-state index in [9.17, 15) is 0 Å². The van der Waals surface area contributed by atoms with Crippen molar-refractivity contribution < 1.29 is 0 Å². The summed E-state index contributed by atoms with van der Waals surface area (Å²) >= 11 is 0. The number of rotatable bonds is 4.